The first-order valence-corrected chi connectivity index (χ1v) is 9.38. The van der Waals surface area contributed by atoms with Crippen molar-refractivity contribution in [1.82, 2.24) is 0 Å². The summed E-state index contributed by atoms with van der Waals surface area (Å²) in [5, 5.41) is 0. The molecule has 0 unspecified atom stereocenters. The third-order valence-electron chi connectivity index (χ3n) is 3.72. The van der Waals surface area contributed by atoms with Crippen LogP contribution in [0, 0.1) is 10.2 Å². The maximum atomic E-state index is 8.49. The van der Waals surface area contributed by atoms with Crippen molar-refractivity contribution in [3.8, 4) is 34.0 Å². The molecule has 6 nitrogen and oxygen atoms in total. The van der Waals surface area contributed by atoms with E-state index in [1.54, 1.807) is 6.26 Å². The second kappa shape index (κ2) is 8.79. The molecule has 0 aliphatic carbocycles. The van der Waals surface area contributed by atoms with Gasteiger partial charge in [0.1, 0.15) is 5.76 Å². The van der Waals surface area contributed by atoms with Gasteiger partial charge in [0.15, 0.2) is 0 Å². The van der Waals surface area contributed by atoms with Gasteiger partial charge in [0, 0.05) is 5.56 Å². The molecule has 7 heteroatoms. The Bertz CT molecular complexity index is 933. The first-order valence-electron chi connectivity index (χ1n) is 8.15. The molecule has 2 heterocycles. The molecule has 0 fully saturated rings. The van der Waals surface area contributed by atoms with Crippen LogP contribution in [-0.2, 0) is 0 Å². The first kappa shape index (κ1) is 19.8. The third-order valence-corrected chi connectivity index (χ3v) is 3.72. The molecule has 0 bridgehead atoms. The van der Waals surface area contributed by atoms with Gasteiger partial charge >= 0.3 is 11.5 Å². The standard InChI is InChI=1S/C21H15O2.ClHO4/c1-3-8-16(9-4-1)20-14-18(19-12-7-13-22-19)15-21(23-20)17-10-5-2-6-11-17;2-1(3,4)5/h1-15H;(H,2,3,4,5)/q+1;/p-1. The molecule has 28 heavy (non-hydrogen) atoms. The average Bonchev–Trinajstić information content (AvgIpc) is 3.23. The van der Waals surface area contributed by atoms with E-state index in [2.05, 4.69) is 0 Å². The molecule has 4 aromatic rings. The lowest BCUT2D eigenvalue weighted by Gasteiger charge is -2.17. The molecule has 142 valence electrons. The van der Waals surface area contributed by atoms with E-state index >= 15 is 0 Å². The molecule has 0 aliphatic heterocycles. The van der Waals surface area contributed by atoms with Crippen molar-refractivity contribution in [3.05, 3.63) is 91.2 Å². The molecular formula is C21H15ClO6. The summed E-state index contributed by atoms with van der Waals surface area (Å²) in [6.45, 7) is 0. The van der Waals surface area contributed by atoms with Crippen LogP contribution in [0.1, 0.15) is 0 Å². The molecule has 0 saturated carbocycles. The van der Waals surface area contributed by atoms with Gasteiger partial charge in [-0.3, -0.25) is 0 Å². The Morgan fingerprint density at radius 3 is 1.46 bits per heavy atom. The van der Waals surface area contributed by atoms with Crippen molar-refractivity contribution in [2.24, 2.45) is 0 Å². The predicted molar refractivity (Wildman–Crippen MR) is 91.7 cm³/mol. The van der Waals surface area contributed by atoms with Crippen molar-refractivity contribution in [3.63, 3.8) is 0 Å². The van der Waals surface area contributed by atoms with E-state index < -0.39 is 10.2 Å². The van der Waals surface area contributed by atoms with Crippen LogP contribution in [-0.4, -0.2) is 0 Å². The predicted octanol–water partition coefficient (Wildman–Crippen LogP) is 1.40. The van der Waals surface area contributed by atoms with Crippen LogP contribution in [0.3, 0.4) is 0 Å². The van der Waals surface area contributed by atoms with Gasteiger partial charge in [-0.1, -0.05) is 36.4 Å². The SMILES string of the molecule is [O-][Cl+3]([O-])([O-])[O-].c1ccc(-c2cc(-c3ccco3)cc(-c3ccccc3)[o+]2)cc1. The molecule has 0 aliphatic rings. The maximum Gasteiger partial charge on any atom is 0.361 e. The van der Waals surface area contributed by atoms with Crippen LogP contribution in [0.15, 0.2) is 100 Å². The van der Waals surface area contributed by atoms with Crippen LogP contribution < -0.4 is 18.6 Å². The zero-order valence-electron chi connectivity index (χ0n) is 14.5. The highest BCUT2D eigenvalue weighted by Crippen LogP contribution is 2.32. The van der Waals surface area contributed by atoms with Crippen molar-refractivity contribution in [2.45, 2.75) is 0 Å². The van der Waals surface area contributed by atoms with Crippen LogP contribution >= 0.6 is 0 Å². The van der Waals surface area contributed by atoms with Crippen LogP contribution in [0.2, 0.25) is 0 Å². The Hall–Kier alpha value is -3.00. The molecule has 0 atom stereocenters. The fourth-order valence-corrected chi connectivity index (χ4v) is 2.58. The minimum absolute atomic E-state index is 0.818. The highest BCUT2D eigenvalue weighted by Gasteiger charge is 2.21. The highest BCUT2D eigenvalue weighted by molar-refractivity contribution is 5.72. The van der Waals surface area contributed by atoms with Gasteiger partial charge in [-0.2, -0.15) is 0 Å². The van der Waals surface area contributed by atoms with E-state index in [-0.39, 0.29) is 0 Å². The van der Waals surface area contributed by atoms with E-state index in [1.165, 1.54) is 0 Å². The van der Waals surface area contributed by atoms with Gasteiger partial charge in [0.25, 0.3) is 0 Å². The fraction of sp³-hybridized carbons (Fsp3) is 0. The van der Waals surface area contributed by atoms with Gasteiger partial charge in [-0.15, -0.1) is 10.2 Å². The van der Waals surface area contributed by atoms with Gasteiger partial charge in [-0.05, 0) is 36.4 Å². The molecule has 0 saturated heterocycles. The van der Waals surface area contributed by atoms with Gasteiger partial charge < -0.3 is 4.42 Å². The van der Waals surface area contributed by atoms with Gasteiger partial charge in [0.2, 0.25) is 0 Å². The summed E-state index contributed by atoms with van der Waals surface area (Å²) in [6.07, 6.45) is 1.68. The first-order chi connectivity index (χ1) is 13.4. The zero-order valence-corrected chi connectivity index (χ0v) is 15.2. The molecule has 0 amide bonds. The molecule has 0 spiro atoms. The Balaban J connectivity index is 0.000000403. The molecule has 2 aromatic carbocycles. The summed E-state index contributed by atoms with van der Waals surface area (Å²) < 4.78 is 45.7. The topological polar surface area (TPSA) is 117 Å². The lowest BCUT2D eigenvalue weighted by atomic mass is 10.1. The van der Waals surface area contributed by atoms with E-state index in [0.29, 0.717) is 0 Å². The van der Waals surface area contributed by atoms with Crippen molar-refractivity contribution >= 4 is 0 Å². The summed E-state index contributed by atoms with van der Waals surface area (Å²) in [4.78, 5) is 0. The Labute approximate surface area is 163 Å². The minimum atomic E-state index is -4.94. The molecule has 4 rings (SSSR count). The van der Waals surface area contributed by atoms with E-state index in [1.807, 2.05) is 84.9 Å². The molecule has 0 N–H and O–H groups in total. The second-order valence-electron chi connectivity index (χ2n) is 5.66. The Kier molecular flexibility index (Phi) is 6.20. The number of halogens is 1. The largest absolute Gasteiger partial charge is 0.464 e. The number of hydrogen-bond acceptors (Lipinski definition) is 5. The maximum absolute atomic E-state index is 8.49. The summed E-state index contributed by atoms with van der Waals surface area (Å²) in [6, 6.07) is 28.1. The van der Waals surface area contributed by atoms with E-state index in [9.17, 15) is 0 Å². The third kappa shape index (κ3) is 5.75. The van der Waals surface area contributed by atoms with Crippen LogP contribution in [0.5, 0.6) is 0 Å². The summed E-state index contributed by atoms with van der Waals surface area (Å²) in [5.74, 6) is 2.46. The van der Waals surface area contributed by atoms with Crippen molar-refractivity contribution in [2.75, 3.05) is 0 Å². The normalized spacial score (nSPS) is 10.9. The van der Waals surface area contributed by atoms with E-state index in [4.69, 9.17) is 27.5 Å². The molecule has 2 aromatic heterocycles. The average molecular weight is 399 g/mol. The fourth-order valence-electron chi connectivity index (χ4n) is 2.58. The second-order valence-corrected chi connectivity index (χ2v) is 6.42. The van der Waals surface area contributed by atoms with Crippen LogP contribution in [0.25, 0.3) is 34.0 Å². The summed E-state index contributed by atoms with van der Waals surface area (Å²) in [5.41, 5.74) is 3.08. The number of benzene rings is 2. The number of furan rings is 1. The van der Waals surface area contributed by atoms with E-state index in [0.717, 1.165) is 34.0 Å². The minimum Gasteiger partial charge on any atom is -0.464 e. The Morgan fingerprint density at radius 1 is 0.607 bits per heavy atom. The molecular weight excluding hydrogens is 384 g/mol. The van der Waals surface area contributed by atoms with Gasteiger partial charge in [0.05, 0.1) is 29.5 Å². The number of hydrogen-bond donors (Lipinski definition) is 0. The van der Waals surface area contributed by atoms with Crippen molar-refractivity contribution < 1.29 is 37.7 Å². The lowest BCUT2D eigenvalue weighted by molar-refractivity contribution is -2.00. The van der Waals surface area contributed by atoms with Gasteiger partial charge in [-0.25, -0.2) is 23.1 Å². The summed E-state index contributed by atoms with van der Waals surface area (Å²) in [7, 11) is -4.94. The highest BCUT2D eigenvalue weighted by atomic mass is 35.7. The quantitative estimate of drug-likeness (QED) is 0.481. The monoisotopic (exact) mass is 398 g/mol. The summed E-state index contributed by atoms with van der Waals surface area (Å²) >= 11 is 0. The number of rotatable bonds is 3. The zero-order chi connectivity index (χ0) is 20.0. The van der Waals surface area contributed by atoms with Crippen LogP contribution in [0.4, 0.5) is 0 Å². The van der Waals surface area contributed by atoms with Crippen molar-refractivity contribution in [1.29, 1.82) is 0 Å². The molecule has 0 radical (unpaired) electrons. The lowest BCUT2D eigenvalue weighted by Crippen LogP contribution is -2.68. The smallest absolute Gasteiger partial charge is 0.361 e. The Morgan fingerprint density at radius 2 is 1.07 bits per heavy atom.